The second-order valence-electron chi connectivity index (χ2n) is 8.98. The number of fused-ring (bicyclic) bond motifs is 1. The molecule has 8 heteroatoms. The number of rotatable bonds is 7. The summed E-state index contributed by atoms with van der Waals surface area (Å²) in [7, 11) is 1.39. The first-order valence-corrected chi connectivity index (χ1v) is 13.0. The largest absolute Gasteiger partial charge is 0.465 e. The van der Waals surface area contributed by atoms with E-state index in [1.165, 1.54) is 7.11 Å². The van der Waals surface area contributed by atoms with Gasteiger partial charge in [-0.1, -0.05) is 20.8 Å². The molecule has 196 valence electrons. The number of carbonyl (C=O) groups excluding carboxylic acids is 1. The molecule has 2 aromatic rings. The quantitative estimate of drug-likeness (QED) is 0.437. The minimum absolute atomic E-state index is 0.138. The zero-order valence-electron chi connectivity index (χ0n) is 21.8. The molecule has 3 heterocycles. The van der Waals surface area contributed by atoms with E-state index in [2.05, 4.69) is 11.8 Å². The maximum atomic E-state index is 13.5. The highest BCUT2D eigenvalue weighted by atomic mass is 19.3. The average Bonchev–Trinajstić information content (AvgIpc) is 3.28. The molecule has 0 unspecified atom stereocenters. The summed E-state index contributed by atoms with van der Waals surface area (Å²) in [6, 6.07) is 4.25. The minimum atomic E-state index is -2.58. The van der Waals surface area contributed by atoms with Crippen LogP contribution in [0.15, 0.2) is 16.5 Å². The molecule has 1 aromatic heterocycles. The number of furan rings is 1. The van der Waals surface area contributed by atoms with Crippen LogP contribution in [-0.4, -0.2) is 62.8 Å². The predicted octanol–water partition coefficient (Wildman–Crippen LogP) is 6.04. The van der Waals surface area contributed by atoms with Crippen LogP contribution in [0.3, 0.4) is 0 Å². The summed E-state index contributed by atoms with van der Waals surface area (Å²) in [5.41, 5.74) is 3.12. The van der Waals surface area contributed by atoms with Crippen molar-refractivity contribution in [1.29, 1.82) is 0 Å². The smallest absolute Gasteiger partial charge is 0.338 e. The minimum Gasteiger partial charge on any atom is -0.465 e. The van der Waals surface area contributed by atoms with Crippen LogP contribution >= 0.6 is 0 Å². The molecular formula is C27H40F2N2O4. The third kappa shape index (κ3) is 6.15. The van der Waals surface area contributed by atoms with Crippen molar-refractivity contribution in [2.24, 2.45) is 0 Å². The van der Waals surface area contributed by atoms with Crippen molar-refractivity contribution in [2.45, 2.75) is 78.3 Å². The van der Waals surface area contributed by atoms with Crippen molar-refractivity contribution in [2.75, 3.05) is 44.9 Å². The van der Waals surface area contributed by atoms with E-state index in [1.54, 1.807) is 0 Å². The molecule has 0 radical (unpaired) electrons. The zero-order valence-corrected chi connectivity index (χ0v) is 21.8. The van der Waals surface area contributed by atoms with Crippen LogP contribution in [0.2, 0.25) is 0 Å². The van der Waals surface area contributed by atoms with Crippen LogP contribution in [0.1, 0.15) is 75.1 Å². The van der Waals surface area contributed by atoms with E-state index in [1.807, 2.05) is 37.8 Å². The summed E-state index contributed by atoms with van der Waals surface area (Å²) in [6.45, 7) is 11.5. The van der Waals surface area contributed by atoms with Gasteiger partial charge in [0.2, 0.25) is 0 Å². The highest BCUT2D eigenvalue weighted by molar-refractivity contribution is 6.07. The zero-order chi connectivity index (χ0) is 25.6. The van der Waals surface area contributed by atoms with E-state index >= 15 is 0 Å². The normalized spacial score (nSPS) is 18.7. The Balaban J connectivity index is 0.00000167. The van der Waals surface area contributed by atoms with Crippen molar-refractivity contribution < 1.29 is 27.5 Å². The number of methoxy groups -OCH3 is 1. The van der Waals surface area contributed by atoms with Crippen molar-refractivity contribution in [3.8, 4) is 0 Å². The van der Waals surface area contributed by atoms with Crippen LogP contribution in [0.25, 0.3) is 11.0 Å². The number of benzene rings is 1. The van der Waals surface area contributed by atoms with Crippen molar-refractivity contribution in [3.63, 3.8) is 0 Å². The summed E-state index contributed by atoms with van der Waals surface area (Å²) in [5, 5.41) is 0.725. The monoisotopic (exact) mass is 494 g/mol. The number of esters is 1. The van der Waals surface area contributed by atoms with Crippen molar-refractivity contribution in [3.05, 3.63) is 29.0 Å². The second-order valence-corrected chi connectivity index (χ2v) is 8.98. The van der Waals surface area contributed by atoms with Gasteiger partial charge in [-0.15, -0.1) is 0 Å². The van der Waals surface area contributed by atoms with Gasteiger partial charge in [0.1, 0.15) is 11.3 Å². The van der Waals surface area contributed by atoms with Crippen LogP contribution in [-0.2, 0) is 22.4 Å². The Labute approximate surface area is 207 Å². The highest BCUT2D eigenvalue weighted by Gasteiger charge is 2.34. The number of hydrogen-bond acceptors (Lipinski definition) is 6. The Bertz CT molecular complexity index is 975. The molecule has 0 bridgehead atoms. The molecular weight excluding hydrogens is 454 g/mol. The van der Waals surface area contributed by atoms with Gasteiger partial charge in [-0.05, 0) is 37.8 Å². The lowest BCUT2D eigenvalue weighted by atomic mass is 9.96. The maximum absolute atomic E-state index is 13.5. The standard InChI is InChI=1S/C25H34F2N2O4.C2H6/c1-4-19-21(29(5-2)17-6-12-32-13-7-17)15-22-20(23(19)24(30)31-3)14-18(33-22)16-28-10-8-25(26,27)9-11-28;1-2/h14-15,17H,4-13,16H2,1-3H3;1-2H3. The third-order valence-electron chi connectivity index (χ3n) is 6.95. The molecule has 0 atom stereocenters. The Kier molecular flexibility index (Phi) is 9.53. The van der Waals surface area contributed by atoms with E-state index < -0.39 is 5.92 Å². The average molecular weight is 495 g/mol. The Morgan fingerprint density at radius 1 is 1.17 bits per heavy atom. The second kappa shape index (κ2) is 12.2. The van der Waals surface area contributed by atoms with Crippen LogP contribution in [0.4, 0.5) is 14.5 Å². The first kappa shape index (κ1) is 27.4. The van der Waals surface area contributed by atoms with Gasteiger partial charge in [0.15, 0.2) is 0 Å². The molecule has 0 N–H and O–H groups in total. The molecule has 6 nitrogen and oxygen atoms in total. The van der Waals surface area contributed by atoms with Crippen LogP contribution in [0.5, 0.6) is 0 Å². The van der Waals surface area contributed by atoms with Crippen molar-refractivity contribution in [1.82, 2.24) is 4.90 Å². The van der Waals surface area contributed by atoms with Gasteiger partial charge in [0, 0.05) is 68.9 Å². The summed E-state index contributed by atoms with van der Waals surface area (Å²) in [6.07, 6.45) is 2.27. The number of alkyl halides is 2. The first-order valence-electron chi connectivity index (χ1n) is 13.0. The fourth-order valence-corrected chi connectivity index (χ4v) is 5.17. The van der Waals surface area contributed by atoms with Gasteiger partial charge < -0.3 is 18.8 Å². The Hall–Kier alpha value is -2.19. The lowest BCUT2D eigenvalue weighted by Crippen LogP contribution is -2.40. The number of nitrogens with zero attached hydrogens (tertiary/aromatic N) is 2. The third-order valence-corrected chi connectivity index (χ3v) is 6.95. The molecule has 0 saturated carbocycles. The topological polar surface area (TPSA) is 55.2 Å². The number of hydrogen-bond donors (Lipinski definition) is 0. The predicted molar refractivity (Wildman–Crippen MR) is 135 cm³/mol. The van der Waals surface area contributed by atoms with Crippen LogP contribution in [0, 0.1) is 0 Å². The molecule has 35 heavy (non-hydrogen) atoms. The van der Waals surface area contributed by atoms with E-state index in [0.29, 0.717) is 49.0 Å². The first-order chi connectivity index (χ1) is 16.9. The Morgan fingerprint density at radius 2 is 1.83 bits per heavy atom. The summed E-state index contributed by atoms with van der Waals surface area (Å²) < 4.78 is 44.0. The lowest BCUT2D eigenvalue weighted by molar-refractivity contribution is -0.0575. The number of carbonyl (C=O) groups is 1. The molecule has 0 spiro atoms. The van der Waals surface area contributed by atoms with Gasteiger partial charge in [0.25, 0.3) is 5.92 Å². The number of anilines is 1. The van der Waals surface area contributed by atoms with Crippen molar-refractivity contribution >= 4 is 22.6 Å². The molecule has 2 aliphatic rings. The van der Waals surface area contributed by atoms with E-state index in [-0.39, 0.29) is 18.8 Å². The van der Waals surface area contributed by atoms with E-state index in [0.717, 1.165) is 49.2 Å². The van der Waals surface area contributed by atoms with E-state index in [9.17, 15) is 13.6 Å². The Morgan fingerprint density at radius 3 is 2.40 bits per heavy atom. The molecule has 2 fully saturated rings. The van der Waals surface area contributed by atoms with Gasteiger partial charge in [-0.3, -0.25) is 4.90 Å². The lowest BCUT2D eigenvalue weighted by Gasteiger charge is -2.36. The molecule has 0 amide bonds. The molecule has 4 rings (SSSR count). The maximum Gasteiger partial charge on any atom is 0.338 e. The fraction of sp³-hybridized carbons (Fsp3) is 0.667. The fourth-order valence-electron chi connectivity index (χ4n) is 5.17. The molecule has 1 aromatic carbocycles. The van der Waals surface area contributed by atoms with E-state index in [4.69, 9.17) is 13.9 Å². The summed E-state index contributed by atoms with van der Waals surface area (Å²) in [4.78, 5) is 17.3. The number of likely N-dealkylation sites (tertiary alicyclic amines) is 1. The SMILES string of the molecule is CC.CCc1c(N(CC)C2CCOCC2)cc2oc(CN3CCC(F)(F)CC3)cc2c1C(=O)OC. The number of piperidine rings is 1. The molecule has 0 aliphatic carbocycles. The summed E-state index contributed by atoms with van der Waals surface area (Å²) in [5.74, 6) is -2.29. The number of ether oxygens (including phenoxy) is 2. The van der Waals surface area contributed by atoms with Crippen LogP contribution < -0.4 is 4.90 Å². The highest BCUT2D eigenvalue weighted by Crippen LogP contribution is 2.37. The summed E-state index contributed by atoms with van der Waals surface area (Å²) >= 11 is 0. The number of halogens is 2. The van der Waals surface area contributed by atoms with Gasteiger partial charge >= 0.3 is 5.97 Å². The van der Waals surface area contributed by atoms with Gasteiger partial charge in [0.05, 0.1) is 19.2 Å². The van der Waals surface area contributed by atoms with Gasteiger partial charge in [-0.25, -0.2) is 13.6 Å². The molecule has 2 saturated heterocycles. The van der Waals surface area contributed by atoms with Gasteiger partial charge in [-0.2, -0.15) is 0 Å². The molecule has 2 aliphatic heterocycles.